The van der Waals surface area contributed by atoms with Crippen molar-refractivity contribution in [3.63, 3.8) is 0 Å². The summed E-state index contributed by atoms with van der Waals surface area (Å²) in [5.41, 5.74) is 4.36. The molecule has 1 saturated heterocycles. The second-order valence-corrected chi connectivity index (χ2v) is 6.82. The quantitative estimate of drug-likeness (QED) is 0.690. The second kappa shape index (κ2) is 6.71. The Morgan fingerprint density at radius 3 is 2.74 bits per heavy atom. The van der Waals surface area contributed by atoms with Crippen LogP contribution in [0.1, 0.15) is 6.92 Å². The van der Waals surface area contributed by atoms with Crippen LogP contribution in [0.25, 0.3) is 11.0 Å². The van der Waals surface area contributed by atoms with E-state index in [-0.39, 0.29) is 19.1 Å². The number of para-hydroxylation sites is 2. The molecule has 0 radical (unpaired) electrons. The average molecular weight is 365 g/mol. The lowest BCUT2D eigenvalue weighted by atomic mass is 9.92. The highest BCUT2D eigenvalue weighted by Gasteiger charge is 2.43. The second-order valence-electron chi connectivity index (χ2n) is 6.82. The summed E-state index contributed by atoms with van der Waals surface area (Å²) in [6.45, 7) is 2.13. The summed E-state index contributed by atoms with van der Waals surface area (Å²) >= 11 is 0. The maximum Gasteiger partial charge on any atom is 0.327 e. The van der Waals surface area contributed by atoms with E-state index in [1.807, 2.05) is 54.6 Å². The van der Waals surface area contributed by atoms with Crippen LogP contribution < -0.4 is 10.4 Å². The van der Waals surface area contributed by atoms with Gasteiger partial charge in [-0.1, -0.05) is 35.5 Å². The Morgan fingerprint density at radius 2 is 1.93 bits per heavy atom. The number of esters is 1. The SMILES string of the molecule is CC1(COC(=O)Cn2nnc3ccccc32)CN(c2ccccc2)NC1=O. The number of benzene rings is 2. The number of carbonyl (C=O) groups excluding carboxylic acids is 2. The first-order valence-corrected chi connectivity index (χ1v) is 8.63. The van der Waals surface area contributed by atoms with E-state index in [0.717, 1.165) is 11.2 Å². The summed E-state index contributed by atoms with van der Waals surface area (Å²) in [6.07, 6.45) is 0. The third-order valence-corrected chi connectivity index (χ3v) is 4.61. The molecule has 8 nitrogen and oxygen atoms in total. The summed E-state index contributed by atoms with van der Waals surface area (Å²) < 4.78 is 6.88. The Hall–Kier alpha value is -3.42. The maximum absolute atomic E-state index is 12.4. The number of anilines is 1. The maximum atomic E-state index is 12.4. The van der Waals surface area contributed by atoms with Crippen molar-refractivity contribution in [2.24, 2.45) is 5.41 Å². The molecule has 4 rings (SSSR count). The van der Waals surface area contributed by atoms with Crippen molar-refractivity contribution >= 4 is 28.6 Å². The van der Waals surface area contributed by atoms with Crippen molar-refractivity contribution in [3.05, 3.63) is 54.6 Å². The molecule has 1 unspecified atom stereocenters. The lowest BCUT2D eigenvalue weighted by molar-refractivity contribution is -0.149. The molecule has 1 atom stereocenters. The van der Waals surface area contributed by atoms with Crippen molar-refractivity contribution in [3.8, 4) is 0 Å². The lowest BCUT2D eigenvalue weighted by Gasteiger charge is -2.21. The smallest absolute Gasteiger partial charge is 0.327 e. The highest BCUT2D eigenvalue weighted by Crippen LogP contribution is 2.28. The van der Waals surface area contributed by atoms with Crippen LogP contribution in [0.5, 0.6) is 0 Å². The molecule has 1 fully saturated rings. The fourth-order valence-corrected chi connectivity index (χ4v) is 3.03. The van der Waals surface area contributed by atoms with Crippen LogP contribution in [-0.4, -0.2) is 40.0 Å². The Balaban J connectivity index is 1.39. The van der Waals surface area contributed by atoms with E-state index in [0.29, 0.717) is 12.1 Å². The van der Waals surface area contributed by atoms with Gasteiger partial charge in [0.15, 0.2) is 0 Å². The number of rotatable bonds is 5. The molecular formula is C19H19N5O3. The van der Waals surface area contributed by atoms with Crippen molar-refractivity contribution < 1.29 is 14.3 Å². The van der Waals surface area contributed by atoms with Gasteiger partial charge >= 0.3 is 5.97 Å². The van der Waals surface area contributed by atoms with Crippen LogP contribution in [0.3, 0.4) is 0 Å². The molecular weight excluding hydrogens is 346 g/mol. The normalized spacial score (nSPS) is 19.3. The van der Waals surface area contributed by atoms with Gasteiger partial charge in [-0.05, 0) is 31.2 Å². The topological polar surface area (TPSA) is 89.3 Å². The summed E-state index contributed by atoms with van der Waals surface area (Å²) in [5, 5.41) is 9.76. The predicted molar refractivity (Wildman–Crippen MR) is 98.5 cm³/mol. The van der Waals surface area contributed by atoms with E-state index in [1.54, 1.807) is 11.9 Å². The van der Waals surface area contributed by atoms with Crippen LogP contribution in [0.15, 0.2) is 54.6 Å². The highest BCUT2D eigenvalue weighted by atomic mass is 16.5. The number of carbonyl (C=O) groups is 2. The molecule has 1 amide bonds. The van der Waals surface area contributed by atoms with E-state index >= 15 is 0 Å². The number of amides is 1. The van der Waals surface area contributed by atoms with Gasteiger partial charge in [0.1, 0.15) is 24.1 Å². The van der Waals surface area contributed by atoms with Crippen molar-refractivity contribution in [2.75, 3.05) is 18.2 Å². The number of hydrogen-bond donors (Lipinski definition) is 1. The third kappa shape index (κ3) is 3.33. The van der Waals surface area contributed by atoms with Crippen LogP contribution in [0.2, 0.25) is 0 Å². The minimum absolute atomic E-state index is 0.00632. The first-order valence-electron chi connectivity index (χ1n) is 8.63. The van der Waals surface area contributed by atoms with Gasteiger partial charge in [-0.3, -0.25) is 20.0 Å². The largest absolute Gasteiger partial charge is 0.463 e. The van der Waals surface area contributed by atoms with Crippen molar-refractivity contribution in [2.45, 2.75) is 13.5 Å². The number of nitrogens with one attached hydrogen (secondary N) is 1. The third-order valence-electron chi connectivity index (χ3n) is 4.61. The number of hydrogen-bond acceptors (Lipinski definition) is 6. The van der Waals surface area contributed by atoms with E-state index in [2.05, 4.69) is 15.7 Å². The summed E-state index contributed by atoms with van der Waals surface area (Å²) in [6, 6.07) is 16.9. The molecule has 138 valence electrons. The molecule has 3 aromatic rings. The van der Waals surface area contributed by atoms with Gasteiger partial charge in [-0.15, -0.1) is 5.10 Å². The van der Waals surface area contributed by atoms with Gasteiger partial charge in [0.2, 0.25) is 5.91 Å². The van der Waals surface area contributed by atoms with Crippen LogP contribution in [-0.2, 0) is 20.9 Å². The minimum atomic E-state index is -0.823. The Bertz CT molecular complexity index is 987. The van der Waals surface area contributed by atoms with Crippen molar-refractivity contribution in [1.29, 1.82) is 0 Å². The summed E-state index contributed by atoms with van der Waals surface area (Å²) in [7, 11) is 0. The van der Waals surface area contributed by atoms with E-state index < -0.39 is 11.4 Å². The molecule has 2 aromatic carbocycles. The van der Waals surface area contributed by atoms with E-state index in [4.69, 9.17) is 4.74 Å². The number of fused-ring (bicyclic) bond motifs is 1. The molecule has 1 aliphatic rings. The minimum Gasteiger partial charge on any atom is -0.463 e. The fourth-order valence-electron chi connectivity index (χ4n) is 3.03. The van der Waals surface area contributed by atoms with Gasteiger partial charge in [0, 0.05) is 0 Å². The average Bonchev–Trinajstić information content (AvgIpc) is 3.23. The zero-order valence-electron chi connectivity index (χ0n) is 14.8. The number of hydrazine groups is 1. The Morgan fingerprint density at radius 1 is 1.19 bits per heavy atom. The number of nitrogens with zero attached hydrogens (tertiary/aromatic N) is 4. The highest BCUT2D eigenvalue weighted by molar-refractivity contribution is 5.88. The first-order chi connectivity index (χ1) is 13.0. The Kier molecular flexibility index (Phi) is 4.23. The van der Waals surface area contributed by atoms with Gasteiger partial charge in [-0.25, -0.2) is 4.68 Å². The van der Waals surface area contributed by atoms with Gasteiger partial charge in [0.25, 0.3) is 0 Å². The fraction of sp³-hybridized carbons (Fsp3) is 0.263. The van der Waals surface area contributed by atoms with Crippen molar-refractivity contribution in [1.82, 2.24) is 20.4 Å². The summed E-state index contributed by atoms with van der Waals surface area (Å²) in [4.78, 5) is 24.7. The van der Waals surface area contributed by atoms with Crippen LogP contribution >= 0.6 is 0 Å². The standard InChI is InChI=1S/C19H19N5O3/c1-19(12-24(21-18(19)26)14-7-3-2-4-8-14)13-27-17(25)11-23-16-10-6-5-9-15(16)20-22-23/h2-10H,11-13H2,1H3,(H,21,26). The summed E-state index contributed by atoms with van der Waals surface area (Å²) in [5.74, 6) is -0.636. The zero-order chi connectivity index (χ0) is 18.9. The predicted octanol–water partition coefficient (Wildman–Crippen LogP) is 1.53. The van der Waals surface area contributed by atoms with Crippen LogP contribution in [0, 0.1) is 5.41 Å². The molecule has 1 aliphatic heterocycles. The molecule has 0 aliphatic carbocycles. The zero-order valence-corrected chi connectivity index (χ0v) is 14.8. The molecule has 27 heavy (non-hydrogen) atoms. The monoisotopic (exact) mass is 365 g/mol. The molecule has 1 N–H and O–H groups in total. The van der Waals surface area contributed by atoms with E-state index in [1.165, 1.54) is 4.68 Å². The lowest BCUT2D eigenvalue weighted by Crippen LogP contribution is -2.35. The molecule has 8 heteroatoms. The number of ether oxygens (including phenoxy) is 1. The number of aromatic nitrogens is 3. The molecule has 2 heterocycles. The van der Waals surface area contributed by atoms with E-state index in [9.17, 15) is 9.59 Å². The van der Waals surface area contributed by atoms with Crippen LogP contribution in [0.4, 0.5) is 5.69 Å². The molecule has 1 aromatic heterocycles. The molecule has 0 saturated carbocycles. The van der Waals surface area contributed by atoms with Gasteiger partial charge < -0.3 is 4.74 Å². The van der Waals surface area contributed by atoms with Gasteiger partial charge in [0.05, 0.1) is 17.7 Å². The Labute approximate surface area is 155 Å². The molecule has 0 spiro atoms. The molecule has 0 bridgehead atoms. The first kappa shape index (κ1) is 17.0. The van der Waals surface area contributed by atoms with Gasteiger partial charge in [-0.2, -0.15) is 0 Å².